The van der Waals surface area contributed by atoms with Gasteiger partial charge in [-0.2, -0.15) is 0 Å². The molecule has 7 heteroatoms. The van der Waals surface area contributed by atoms with E-state index in [1.165, 1.54) is 48.7 Å². The molecule has 0 atom stereocenters. The van der Waals surface area contributed by atoms with Gasteiger partial charge in [0.1, 0.15) is 17.9 Å². The van der Waals surface area contributed by atoms with Gasteiger partial charge in [0.25, 0.3) is 0 Å². The molecule has 2 aromatic carbocycles. The lowest BCUT2D eigenvalue weighted by Gasteiger charge is -2.03. The van der Waals surface area contributed by atoms with E-state index in [1.807, 2.05) is 0 Å². The molecule has 0 fully saturated rings. The fourth-order valence-electron chi connectivity index (χ4n) is 2.23. The van der Waals surface area contributed by atoms with E-state index in [-0.39, 0.29) is 22.9 Å². The summed E-state index contributed by atoms with van der Waals surface area (Å²) in [5, 5.41) is 0. The van der Waals surface area contributed by atoms with Crippen LogP contribution in [0.1, 0.15) is 11.3 Å². The lowest BCUT2D eigenvalue weighted by Crippen LogP contribution is -2.09. The SMILES string of the molecule is O=S(=O)(Cc1coc(-c2ccc(F)cc2)n1)Cc1ccccc1F. The van der Waals surface area contributed by atoms with Crippen molar-refractivity contribution in [1.29, 1.82) is 0 Å². The molecule has 1 aromatic heterocycles. The van der Waals surface area contributed by atoms with Crippen LogP contribution in [-0.2, 0) is 21.3 Å². The molecule has 0 aliphatic carbocycles. The predicted octanol–water partition coefficient (Wildman–Crippen LogP) is 3.73. The van der Waals surface area contributed by atoms with Gasteiger partial charge in [-0.05, 0) is 30.3 Å². The quantitative estimate of drug-likeness (QED) is 0.704. The molecule has 0 bridgehead atoms. The lowest BCUT2D eigenvalue weighted by molar-refractivity contribution is 0.570. The van der Waals surface area contributed by atoms with E-state index in [1.54, 1.807) is 6.07 Å². The molecule has 3 aromatic rings. The number of oxazole rings is 1. The minimum Gasteiger partial charge on any atom is -0.444 e. The Morgan fingerprint density at radius 1 is 0.958 bits per heavy atom. The summed E-state index contributed by atoms with van der Waals surface area (Å²) < 4.78 is 56.2. The number of nitrogens with zero attached hydrogens (tertiary/aromatic N) is 1. The Hall–Kier alpha value is -2.54. The van der Waals surface area contributed by atoms with Crippen LogP contribution in [0.2, 0.25) is 0 Å². The van der Waals surface area contributed by atoms with E-state index in [2.05, 4.69) is 4.98 Å². The first-order chi connectivity index (χ1) is 11.4. The summed E-state index contributed by atoms with van der Waals surface area (Å²) in [5.41, 5.74) is 0.861. The lowest BCUT2D eigenvalue weighted by atomic mass is 10.2. The first-order valence-electron chi connectivity index (χ1n) is 7.07. The van der Waals surface area contributed by atoms with E-state index in [0.29, 0.717) is 5.56 Å². The molecule has 0 N–H and O–H groups in total. The highest BCUT2D eigenvalue weighted by atomic mass is 32.2. The molecule has 0 radical (unpaired) electrons. The summed E-state index contributed by atoms with van der Waals surface area (Å²) in [6, 6.07) is 11.2. The van der Waals surface area contributed by atoms with Gasteiger partial charge in [0.15, 0.2) is 9.84 Å². The number of hydrogen-bond acceptors (Lipinski definition) is 4. The molecule has 124 valence electrons. The van der Waals surface area contributed by atoms with E-state index >= 15 is 0 Å². The minimum absolute atomic E-state index is 0.111. The van der Waals surface area contributed by atoms with Crippen LogP contribution in [-0.4, -0.2) is 13.4 Å². The fourth-order valence-corrected chi connectivity index (χ4v) is 3.62. The van der Waals surface area contributed by atoms with E-state index in [4.69, 9.17) is 4.42 Å². The summed E-state index contributed by atoms with van der Waals surface area (Å²) in [4.78, 5) is 4.10. The molecule has 0 aliphatic rings. The number of hydrogen-bond donors (Lipinski definition) is 0. The highest BCUT2D eigenvalue weighted by Crippen LogP contribution is 2.21. The van der Waals surface area contributed by atoms with Gasteiger partial charge >= 0.3 is 0 Å². The second kappa shape index (κ2) is 6.52. The van der Waals surface area contributed by atoms with E-state index in [0.717, 1.165) is 0 Å². The van der Waals surface area contributed by atoms with Crippen molar-refractivity contribution >= 4 is 9.84 Å². The van der Waals surface area contributed by atoms with Crippen LogP contribution >= 0.6 is 0 Å². The molecule has 0 saturated carbocycles. The normalized spacial score (nSPS) is 11.6. The first kappa shape index (κ1) is 16.3. The van der Waals surface area contributed by atoms with Gasteiger partial charge in [-0.15, -0.1) is 0 Å². The number of rotatable bonds is 5. The molecule has 1 heterocycles. The summed E-state index contributed by atoms with van der Waals surface area (Å²) in [5.74, 6) is -1.54. The number of sulfone groups is 1. The summed E-state index contributed by atoms with van der Waals surface area (Å²) >= 11 is 0. The largest absolute Gasteiger partial charge is 0.444 e. The number of halogens is 2. The van der Waals surface area contributed by atoms with Gasteiger partial charge in [0.05, 0.1) is 17.2 Å². The van der Waals surface area contributed by atoms with Gasteiger partial charge in [-0.3, -0.25) is 0 Å². The van der Waals surface area contributed by atoms with Gasteiger partial charge in [0, 0.05) is 11.1 Å². The maximum Gasteiger partial charge on any atom is 0.226 e. The Morgan fingerprint density at radius 2 is 1.67 bits per heavy atom. The third-order valence-electron chi connectivity index (χ3n) is 3.34. The summed E-state index contributed by atoms with van der Waals surface area (Å²) in [6.45, 7) is 0. The molecule has 24 heavy (non-hydrogen) atoms. The maximum atomic E-state index is 13.6. The van der Waals surface area contributed by atoms with Crippen LogP contribution in [0.5, 0.6) is 0 Å². The minimum atomic E-state index is -3.61. The maximum absolute atomic E-state index is 13.6. The standard InChI is InChI=1S/C17H13F2NO3S/c18-14-7-5-12(6-8-14)17-20-15(9-23-17)11-24(21,22)10-13-3-1-2-4-16(13)19/h1-9H,10-11H2. The van der Waals surface area contributed by atoms with Crippen LogP contribution in [0, 0.1) is 11.6 Å². The van der Waals surface area contributed by atoms with E-state index in [9.17, 15) is 17.2 Å². The fraction of sp³-hybridized carbons (Fsp3) is 0.118. The second-order valence-electron chi connectivity index (χ2n) is 5.27. The van der Waals surface area contributed by atoms with Crippen LogP contribution in [0.15, 0.2) is 59.2 Å². The van der Waals surface area contributed by atoms with Gasteiger partial charge in [-0.25, -0.2) is 22.2 Å². The van der Waals surface area contributed by atoms with Crippen molar-refractivity contribution in [2.75, 3.05) is 0 Å². The molecule has 0 saturated heterocycles. The second-order valence-corrected chi connectivity index (χ2v) is 7.34. The molecule has 0 aliphatic heterocycles. The van der Waals surface area contributed by atoms with Crippen molar-refractivity contribution in [3.63, 3.8) is 0 Å². The van der Waals surface area contributed by atoms with Crippen molar-refractivity contribution in [3.8, 4) is 11.5 Å². The molecular weight excluding hydrogens is 336 g/mol. The van der Waals surface area contributed by atoms with Gasteiger partial charge in [0.2, 0.25) is 5.89 Å². The average molecular weight is 349 g/mol. The predicted molar refractivity (Wildman–Crippen MR) is 84.6 cm³/mol. The summed E-state index contributed by atoms with van der Waals surface area (Å²) in [7, 11) is -3.61. The zero-order valence-electron chi connectivity index (χ0n) is 12.4. The molecule has 0 spiro atoms. The Labute approximate surface area is 137 Å². The highest BCUT2D eigenvalue weighted by Gasteiger charge is 2.18. The van der Waals surface area contributed by atoms with E-state index < -0.39 is 27.2 Å². The Bertz CT molecular complexity index is 950. The zero-order valence-corrected chi connectivity index (χ0v) is 13.3. The number of benzene rings is 2. The zero-order chi connectivity index (χ0) is 17.2. The third-order valence-corrected chi connectivity index (χ3v) is 4.83. The molecule has 4 nitrogen and oxygen atoms in total. The smallest absolute Gasteiger partial charge is 0.226 e. The number of aromatic nitrogens is 1. The van der Waals surface area contributed by atoms with Crippen molar-refractivity contribution in [2.24, 2.45) is 0 Å². The molecule has 3 rings (SSSR count). The highest BCUT2D eigenvalue weighted by molar-refractivity contribution is 7.89. The van der Waals surface area contributed by atoms with Crippen molar-refractivity contribution < 1.29 is 21.6 Å². The average Bonchev–Trinajstić information content (AvgIpc) is 2.98. The van der Waals surface area contributed by atoms with Crippen LogP contribution < -0.4 is 0 Å². The molecular formula is C17H13F2NO3S. The molecule has 0 unspecified atom stereocenters. The van der Waals surface area contributed by atoms with Crippen LogP contribution in [0.3, 0.4) is 0 Å². The summed E-state index contributed by atoms with van der Waals surface area (Å²) in [6.07, 6.45) is 1.23. The van der Waals surface area contributed by atoms with Crippen LogP contribution in [0.4, 0.5) is 8.78 Å². The van der Waals surface area contributed by atoms with Crippen molar-refractivity contribution in [3.05, 3.63) is 77.7 Å². The van der Waals surface area contributed by atoms with Crippen molar-refractivity contribution in [2.45, 2.75) is 11.5 Å². The van der Waals surface area contributed by atoms with Crippen molar-refractivity contribution in [1.82, 2.24) is 4.98 Å². The van der Waals surface area contributed by atoms with Crippen LogP contribution in [0.25, 0.3) is 11.5 Å². The first-order valence-corrected chi connectivity index (χ1v) is 8.89. The Balaban J connectivity index is 1.76. The van der Waals surface area contributed by atoms with Gasteiger partial charge in [-0.1, -0.05) is 18.2 Å². The Morgan fingerprint density at radius 3 is 2.38 bits per heavy atom. The van der Waals surface area contributed by atoms with Gasteiger partial charge < -0.3 is 4.42 Å². The molecule has 0 amide bonds. The third kappa shape index (κ3) is 3.86. The Kier molecular flexibility index (Phi) is 4.44. The monoisotopic (exact) mass is 349 g/mol. The topological polar surface area (TPSA) is 60.2 Å².